The van der Waals surface area contributed by atoms with Crippen LogP contribution in [0.3, 0.4) is 0 Å². The van der Waals surface area contributed by atoms with Crippen LogP contribution in [0.25, 0.3) is 41.7 Å². The Morgan fingerprint density at radius 2 is 1.54 bits per heavy atom. The Hall–Kier alpha value is -2.38. The van der Waals surface area contributed by atoms with E-state index in [-0.39, 0.29) is 0 Å². The van der Waals surface area contributed by atoms with Crippen LogP contribution in [-0.2, 0) is 6.42 Å². The Morgan fingerprint density at radius 3 is 2.38 bits per heavy atom. The first-order chi connectivity index (χ1) is 11.8. The number of thiophene rings is 1. The van der Waals surface area contributed by atoms with Crippen molar-refractivity contribution in [1.29, 1.82) is 0 Å². The van der Waals surface area contributed by atoms with E-state index in [1.165, 1.54) is 53.7 Å². The molecule has 0 fully saturated rings. The molecule has 116 valence electrons. The minimum Gasteiger partial charge on any atom is -0.135 e. The van der Waals surface area contributed by atoms with Crippen molar-refractivity contribution in [2.45, 2.75) is 19.8 Å². The van der Waals surface area contributed by atoms with Crippen molar-refractivity contribution in [2.24, 2.45) is 0 Å². The van der Waals surface area contributed by atoms with Crippen LogP contribution >= 0.6 is 11.3 Å². The first-order valence-corrected chi connectivity index (χ1v) is 9.42. The molecule has 1 heterocycles. The van der Waals surface area contributed by atoms with E-state index >= 15 is 0 Å². The smallest absolute Gasteiger partial charge is 0.0434 e. The van der Waals surface area contributed by atoms with Crippen LogP contribution in [-0.4, -0.2) is 0 Å². The fourth-order valence-electron chi connectivity index (χ4n) is 3.74. The summed E-state index contributed by atoms with van der Waals surface area (Å²) in [5, 5.41) is 8.16. The number of hydrogen-bond donors (Lipinski definition) is 0. The zero-order valence-corrected chi connectivity index (χ0v) is 14.5. The van der Waals surface area contributed by atoms with Crippen LogP contribution in [0.15, 0.2) is 66.7 Å². The highest BCUT2D eigenvalue weighted by molar-refractivity contribution is 7.26. The molecule has 0 bridgehead atoms. The number of rotatable bonds is 2. The maximum Gasteiger partial charge on any atom is 0.0434 e. The molecule has 4 aromatic carbocycles. The summed E-state index contributed by atoms with van der Waals surface area (Å²) in [6.07, 6.45) is 2.36. The highest BCUT2D eigenvalue weighted by atomic mass is 32.1. The van der Waals surface area contributed by atoms with E-state index in [1.54, 1.807) is 0 Å². The first-order valence-electron chi connectivity index (χ1n) is 8.60. The molecule has 1 heteroatoms. The zero-order chi connectivity index (χ0) is 16.1. The van der Waals surface area contributed by atoms with Crippen molar-refractivity contribution in [2.75, 3.05) is 0 Å². The van der Waals surface area contributed by atoms with Crippen LogP contribution in [0.5, 0.6) is 0 Å². The van der Waals surface area contributed by atoms with Crippen molar-refractivity contribution in [3.63, 3.8) is 0 Å². The second kappa shape index (κ2) is 5.32. The molecule has 0 spiro atoms. The van der Waals surface area contributed by atoms with Gasteiger partial charge < -0.3 is 0 Å². The molecule has 1 aromatic heterocycles. The van der Waals surface area contributed by atoms with Crippen LogP contribution in [0, 0.1) is 0 Å². The summed E-state index contributed by atoms with van der Waals surface area (Å²) >= 11 is 1.93. The monoisotopic (exact) mass is 326 g/mol. The predicted molar refractivity (Wildman–Crippen MR) is 108 cm³/mol. The van der Waals surface area contributed by atoms with E-state index in [4.69, 9.17) is 0 Å². The van der Waals surface area contributed by atoms with Gasteiger partial charge in [0.15, 0.2) is 0 Å². The largest absolute Gasteiger partial charge is 0.135 e. The minimum absolute atomic E-state index is 1.16. The molecule has 24 heavy (non-hydrogen) atoms. The molecule has 0 radical (unpaired) electrons. The molecule has 0 aliphatic heterocycles. The summed E-state index contributed by atoms with van der Waals surface area (Å²) in [5.74, 6) is 0. The lowest BCUT2D eigenvalue weighted by Gasteiger charge is -2.04. The van der Waals surface area contributed by atoms with E-state index in [1.807, 2.05) is 11.3 Å². The second-order valence-corrected chi connectivity index (χ2v) is 7.60. The van der Waals surface area contributed by atoms with Crippen molar-refractivity contribution in [3.8, 4) is 0 Å². The molecule has 0 unspecified atom stereocenters. The molecular formula is C23H18S. The average molecular weight is 326 g/mol. The maximum atomic E-state index is 2.39. The zero-order valence-electron chi connectivity index (χ0n) is 13.7. The predicted octanol–water partition coefficient (Wildman–Crippen LogP) is 7.31. The molecular weight excluding hydrogens is 308 g/mol. The standard InChI is InChI=1S/C23H18S/c1-2-5-15-8-11-22-21(12-15)19-10-9-18-13-16-6-3-4-7-17(16)14-20(18)23(19)24-22/h3-4,6-14H,2,5H2,1H3. The second-order valence-electron chi connectivity index (χ2n) is 6.55. The van der Waals surface area contributed by atoms with Gasteiger partial charge in [-0.1, -0.05) is 55.8 Å². The highest BCUT2D eigenvalue weighted by Crippen LogP contribution is 2.39. The summed E-state index contributed by atoms with van der Waals surface area (Å²) in [4.78, 5) is 0. The Labute approximate surface area is 145 Å². The maximum absolute atomic E-state index is 2.39. The van der Waals surface area contributed by atoms with Gasteiger partial charge in [0.2, 0.25) is 0 Å². The molecule has 0 nitrogen and oxygen atoms in total. The highest BCUT2D eigenvalue weighted by Gasteiger charge is 2.10. The van der Waals surface area contributed by atoms with Crippen LogP contribution < -0.4 is 0 Å². The van der Waals surface area contributed by atoms with Crippen LogP contribution in [0.2, 0.25) is 0 Å². The Balaban J connectivity index is 1.89. The summed E-state index contributed by atoms with van der Waals surface area (Å²) in [5.41, 5.74) is 1.45. The minimum atomic E-state index is 1.16. The molecule has 0 atom stereocenters. The van der Waals surface area contributed by atoms with Gasteiger partial charge in [0.1, 0.15) is 0 Å². The Kier molecular flexibility index (Phi) is 3.11. The van der Waals surface area contributed by atoms with Crippen molar-refractivity contribution in [3.05, 3.63) is 72.3 Å². The fourth-order valence-corrected chi connectivity index (χ4v) is 4.95. The van der Waals surface area contributed by atoms with E-state index < -0.39 is 0 Å². The van der Waals surface area contributed by atoms with Gasteiger partial charge in [0.25, 0.3) is 0 Å². The lowest BCUT2D eigenvalue weighted by atomic mass is 10.0. The number of benzene rings is 4. The lowest BCUT2D eigenvalue weighted by Crippen LogP contribution is -1.81. The van der Waals surface area contributed by atoms with Gasteiger partial charge in [0.05, 0.1) is 0 Å². The van der Waals surface area contributed by atoms with Gasteiger partial charge in [-0.3, -0.25) is 0 Å². The number of aryl methyl sites for hydroxylation is 1. The van der Waals surface area contributed by atoms with Gasteiger partial charge >= 0.3 is 0 Å². The normalized spacial score (nSPS) is 11.9. The molecule has 0 aliphatic rings. The Bertz CT molecular complexity index is 1210. The van der Waals surface area contributed by atoms with Gasteiger partial charge in [-0.2, -0.15) is 0 Å². The van der Waals surface area contributed by atoms with Gasteiger partial charge in [0, 0.05) is 25.6 Å². The summed E-state index contributed by atoms with van der Waals surface area (Å²) in [7, 11) is 0. The SMILES string of the molecule is CCCc1ccc2sc3c4cc5ccccc5cc4ccc3c2c1. The number of fused-ring (bicyclic) bond motifs is 6. The molecule has 5 aromatic rings. The van der Waals surface area contributed by atoms with Crippen molar-refractivity contribution < 1.29 is 0 Å². The van der Waals surface area contributed by atoms with Crippen LogP contribution in [0.4, 0.5) is 0 Å². The first kappa shape index (κ1) is 14.0. The molecule has 0 saturated carbocycles. The third kappa shape index (κ3) is 2.05. The van der Waals surface area contributed by atoms with Crippen molar-refractivity contribution in [1.82, 2.24) is 0 Å². The lowest BCUT2D eigenvalue weighted by molar-refractivity contribution is 0.924. The third-order valence-electron chi connectivity index (χ3n) is 4.92. The summed E-state index contributed by atoms with van der Waals surface area (Å²) < 4.78 is 2.81. The molecule has 0 saturated heterocycles. The summed E-state index contributed by atoms with van der Waals surface area (Å²) in [6, 6.07) is 24.9. The van der Waals surface area contributed by atoms with Gasteiger partial charge in [-0.25, -0.2) is 0 Å². The van der Waals surface area contributed by atoms with Gasteiger partial charge in [-0.05, 0) is 52.4 Å². The molecule has 0 aliphatic carbocycles. The summed E-state index contributed by atoms with van der Waals surface area (Å²) in [6.45, 7) is 2.24. The Morgan fingerprint density at radius 1 is 0.708 bits per heavy atom. The fraction of sp³-hybridized carbons (Fsp3) is 0.130. The quantitative estimate of drug-likeness (QED) is 0.298. The van der Waals surface area contributed by atoms with E-state index in [2.05, 4.69) is 73.7 Å². The number of hydrogen-bond acceptors (Lipinski definition) is 1. The van der Waals surface area contributed by atoms with Crippen LogP contribution in [0.1, 0.15) is 18.9 Å². The third-order valence-corrected chi connectivity index (χ3v) is 6.14. The molecule has 5 rings (SSSR count). The molecule has 0 amide bonds. The topological polar surface area (TPSA) is 0 Å². The van der Waals surface area contributed by atoms with E-state index in [9.17, 15) is 0 Å². The molecule has 0 N–H and O–H groups in total. The van der Waals surface area contributed by atoms with Crippen molar-refractivity contribution >= 4 is 53.1 Å². The van der Waals surface area contributed by atoms with E-state index in [0.717, 1.165) is 6.42 Å². The van der Waals surface area contributed by atoms with E-state index in [0.29, 0.717) is 0 Å². The average Bonchev–Trinajstić information content (AvgIpc) is 2.99. The van der Waals surface area contributed by atoms with Gasteiger partial charge in [-0.15, -0.1) is 11.3 Å².